The summed E-state index contributed by atoms with van der Waals surface area (Å²) in [5.41, 5.74) is 2.58. The van der Waals surface area contributed by atoms with Gasteiger partial charge in [-0.05, 0) is 6.07 Å². The smallest absolute Gasteiger partial charge is 0.270 e. The average molecular weight is 253 g/mol. The summed E-state index contributed by atoms with van der Waals surface area (Å²) in [5, 5.41) is 6.23. The molecule has 94 valence electrons. The normalized spacial score (nSPS) is 18.4. The molecule has 19 heavy (non-hydrogen) atoms. The molecule has 0 atom stereocenters. The van der Waals surface area contributed by atoms with Crippen molar-refractivity contribution >= 4 is 11.9 Å². The van der Waals surface area contributed by atoms with Gasteiger partial charge >= 0.3 is 0 Å². The minimum atomic E-state index is -0.201. The molecule has 1 aromatic heterocycles. The quantitative estimate of drug-likeness (QED) is 0.682. The van der Waals surface area contributed by atoms with Crippen LogP contribution in [-0.2, 0) is 6.42 Å². The van der Waals surface area contributed by atoms with Crippen molar-refractivity contribution < 1.29 is 0 Å². The molecule has 0 bridgehead atoms. The number of rotatable bonds is 0. The topological polar surface area (TPSA) is 69.6 Å². The number of hydrogen-bond donors (Lipinski definition) is 2. The highest BCUT2D eigenvalue weighted by Gasteiger charge is 2.30. The Bertz CT molecular complexity index is 709. The molecule has 0 saturated carbocycles. The van der Waals surface area contributed by atoms with Gasteiger partial charge in [0, 0.05) is 43.2 Å². The van der Waals surface area contributed by atoms with Crippen molar-refractivity contribution in [2.75, 3.05) is 11.4 Å². The van der Waals surface area contributed by atoms with E-state index >= 15 is 0 Å². The molecule has 2 N–H and O–H groups in total. The van der Waals surface area contributed by atoms with Crippen molar-refractivity contribution in [3.63, 3.8) is 0 Å². The molecule has 3 aliphatic rings. The van der Waals surface area contributed by atoms with E-state index in [1.165, 1.54) is 6.07 Å². The molecular weight excluding hydrogens is 242 g/mol. The predicted molar refractivity (Wildman–Crippen MR) is 71.6 cm³/mol. The second-order valence-electron chi connectivity index (χ2n) is 4.51. The zero-order valence-corrected chi connectivity index (χ0v) is 10.1. The molecule has 0 saturated heterocycles. The zero-order valence-electron chi connectivity index (χ0n) is 10.1. The van der Waals surface area contributed by atoms with Gasteiger partial charge in [-0.15, -0.1) is 0 Å². The number of nitrogens with one attached hydrogen (secondary N) is 2. The van der Waals surface area contributed by atoms with Gasteiger partial charge in [0.15, 0.2) is 11.6 Å². The largest absolute Gasteiger partial charge is 0.344 e. The minimum absolute atomic E-state index is 0.201. The standard InChI is InChI=1S/C13H11N5O/c19-10-2-1-8-7-16-13(12-14-4-5-15-12)18-6-3-9(17-10)11(8)18/h1-2,4-5,7,14-15H,3,6H2. The summed E-state index contributed by atoms with van der Waals surface area (Å²) in [6.07, 6.45) is 6.19. The predicted octanol–water partition coefficient (Wildman–Crippen LogP) is 0.0274. The zero-order chi connectivity index (χ0) is 12.8. The van der Waals surface area contributed by atoms with Crippen molar-refractivity contribution in [1.82, 2.24) is 15.6 Å². The monoisotopic (exact) mass is 253 g/mol. The molecule has 0 radical (unpaired) electrons. The van der Waals surface area contributed by atoms with Gasteiger partial charge in [0.1, 0.15) is 0 Å². The SMILES string of the molecule is O=c1ccc2c3c(n1)CCN3C(=C1NC=CN1)N=C2. The van der Waals surface area contributed by atoms with Gasteiger partial charge in [-0.25, -0.2) is 9.98 Å². The Kier molecular flexibility index (Phi) is 2.00. The highest BCUT2D eigenvalue weighted by atomic mass is 16.1. The lowest BCUT2D eigenvalue weighted by Crippen LogP contribution is -2.28. The fourth-order valence-electron chi connectivity index (χ4n) is 2.58. The fraction of sp³-hybridized carbons (Fsp3) is 0.154. The second kappa shape index (κ2) is 3.68. The summed E-state index contributed by atoms with van der Waals surface area (Å²) in [4.78, 5) is 22.3. The van der Waals surface area contributed by atoms with E-state index in [0.717, 1.165) is 41.6 Å². The molecule has 0 unspecified atom stereocenters. The summed E-state index contributed by atoms with van der Waals surface area (Å²) in [7, 11) is 0. The lowest BCUT2D eigenvalue weighted by molar-refractivity contribution is 0.850. The number of anilines is 1. The number of aromatic nitrogens is 1. The minimum Gasteiger partial charge on any atom is -0.344 e. The van der Waals surface area contributed by atoms with Crippen molar-refractivity contribution in [1.29, 1.82) is 0 Å². The molecule has 6 nitrogen and oxygen atoms in total. The van der Waals surface area contributed by atoms with E-state index in [9.17, 15) is 4.79 Å². The van der Waals surface area contributed by atoms with E-state index in [1.54, 1.807) is 12.3 Å². The Balaban J connectivity index is 1.94. The molecular formula is C13H11N5O. The van der Waals surface area contributed by atoms with Gasteiger partial charge < -0.3 is 15.5 Å². The summed E-state index contributed by atoms with van der Waals surface area (Å²) in [6, 6.07) is 3.27. The molecule has 4 rings (SSSR count). The maximum Gasteiger partial charge on any atom is 0.270 e. The van der Waals surface area contributed by atoms with Crippen LogP contribution in [0, 0.1) is 0 Å². The molecule has 3 aliphatic heterocycles. The second-order valence-corrected chi connectivity index (χ2v) is 4.51. The molecule has 6 heteroatoms. The highest BCUT2D eigenvalue weighted by molar-refractivity contribution is 5.93. The highest BCUT2D eigenvalue weighted by Crippen LogP contribution is 2.35. The van der Waals surface area contributed by atoms with Gasteiger partial charge in [0.05, 0.1) is 11.4 Å². The van der Waals surface area contributed by atoms with Crippen molar-refractivity contribution in [2.24, 2.45) is 4.99 Å². The molecule has 0 amide bonds. The first-order valence-electron chi connectivity index (χ1n) is 6.11. The average Bonchev–Trinajstić information content (AvgIpc) is 3.03. The number of hydrogen-bond acceptors (Lipinski definition) is 6. The third-order valence-electron chi connectivity index (χ3n) is 3.38. The van der Waals surface area contributed by atoms with Gasteiger partial charge in [0.25, 0.3) is 5.56 Å². The Labute approximate surface area is 109 Å². The fourth-order valence-corrected chi connectivity index (χ4v) is 2.58. The van der Waals surface area contributed by atoms with Crippen LogP contribution in [0.2, 0.25) is 0 Å². The molecule has 0 aromatic carbocycles. The van der Waals surface area contributed by atoms with Crippen LogP contribution in [0.15, 0.2) is 46.0 Å². The van der Waals surface area contributed by atoms with E-state index in [0.29, 0.717) is 0 Å². The van der Waals surface area contributed by atoms with E-state index < -0.39 is 0 Å². The van der Waals surface area contributed by atoms with Crippen LogP contribution in [0.1, 0.15) is 11.3 Å². The molecule has 0 fully saturated rings. The van der Waals surface area contributed by atoms with Crippen LogP contribution in [0.4, 0.5) is 5.69 Å². The number of nitrogens with zero attached hydrogens (tertiary/aromatic N) is 3. The molecule has 4 heterocycles. The summed E-state index contributed by atoms with van der Waals surface area (Å²) in [6.45, 7) is 0.790. The molecule has 1 aromatic rings. The molecule has 0 spiro atoms. The van der Waals surface area contributed by atoms with Gasteiger partial charge in [-0.3, -0.25) is 4.79 Å². The summed E-state index contributed by atoms with van der Waals surface area (Å²) in [5.74, 6) is 1.68. The van der Waals surface area contributed by atoms with Crippen molar-refractivity contribution in [3.05, 3.63) is 57.8 Å². The van der Waals surface area contributed by atoms with Crippen LogP contribution in [0.3, 0.4) is 0 Å². The van der Waals surface area contributed by atoms with E-state index in [2.05, 4.69) is 25.5 Å². The van der Waals surface area contributed by atoms with Gasteiger partial charge in [0.2, 0.25) is 0 Å². The van der Waals surface area contributed by atoms with Crippen LogP contribution >= 0.6 is 0 Å². The van der Waals surface area contributed by atoms with Crippen molar-refractivity contribution in [2.45, 2.75) is 6.42 Å². The van der Waals surface area contributed by atoms with E-state index in [4.69, 9.17) is 0 Å². The Hall–Kier alpha value is -2.63. The van der Waals surface area contributed by atoms with Crippen LogP contribution in [-0.4, -0.2) is 17.7 Å². The van der Waals surface area contributed by atoms with Gasteiger partial charge in [-0.1, -0.05) is 0 Å². The van der Waals surface area contributed by atoms with Gasteiger partial charge in [-0.2, -0.15) is 0 Å². The lowest BCUT2D eigenvalue weighted by atomic mass is 10.2. The summed E-state index contributed by atoms with van der Waals surface area (Å²) < 4.78 is 0. The number of aliphatic imine (C=N–C) groups is 1. The lowest BCUT2D eigenvalue weighted by Gasteiger charge is -2.25. The maximum atomic E-state index is 11.5. The maximum absolute atomic E-state index is 11.5. The Morgan fingerprint density at radius 3 is 2.89 bits per heavy atom. The first-order chi connectivity index (χ1) is 9.33. The van der Waals surface area contributed by atoms with E-state index in [1.807, 2.05) is 12.4 Å². The first-order valence-corrected chi connectivity index (χ1v) is 6.11. The van der Waals surface area contributed by atoms with Crippen LogP contribution in [0.5, 0.6) is 0 Å². The third-order valence-corrected chi connectivity index (χ3v) is 3.38. The Morgan fingerprint density at radius 2 is 2.05 bits per heavy atom. The third kappa shape index (κ3) is 1.46. The van der Waals surface area contributed by atoms with Crippen LogP contribution < -0.4 is 21.1 Å². The summed E-state index contributed by atoms with van der Waals surface area (Å²) >= 11 is 0. The first kappa shape index (κ1) is 10.3. The van der Waals surface area contributed by atoms with Crippen molar-refractivity contribution in [3.8, 4) is 0 Å². The van der Waals surface area contributed by atoms with E-state index in [-0.39, 0.29) is 5.56 Å². The molecule has 0 aliphatic carbocycles. The Morgan fingerprint density at radius 1 is 1.21 bits per heavy atom. The van der Waals surface area contributed by atoms with Crippen LogP contribution in [0.25, 0.3) is 0 Å².